The molecule has 0 saturated heterocycles. The molecular formula is C12H31Y4-. The second kappa shape index (κ2) is 60.7. The van der Waals surface area contributed by atoms with Crippen LogP contribution in [0.25, 0.3) is 0 Å². The summed E-state index contributed by atoms with van der Waals surface area (Å²) in [6.07, 6.45) is 8.18. The third-order valence-electron chi connectivity index (χ3n) is 1.46. The summed E-state index contributed by atoms with van der Waals surface area (Å²) >= 11 is 0. The Balaban J connectivity index is -0.00000001000. The molecule has 0 heterocycles. The van der Waals surface area contributed by atoms with Crippen LogP contribution in [0.5, 0.6) is 0 Å². The molecule has 4 heteroatoms. The van der Waals surface area contributed by atoms with Gasteiger partial charge in [0.1, 0.15) is 0 Å². The average molecular weight is 531 g/mol. The smallest absolute Gasteiger partial charge is 0 e. The number of hydrogen-bond acceptors (Lipinski definition) is 0. The standard InChI is InChI=1S/C6H14.C4H10.CH4.CH3.4Y/c1-3-5-6-4-2;1-3-4-2;;;;;;/h3-6H2,1-2H3;3-4H2,1-2H3;1H4;1H3;;;;/q;;;-1;;;;. The van der Waals surface area contributed by atoms with Crippen molar-refractivity contribution in [1.82, 2.24) is 0 Å². The van der Waals surface area contributed by atoms with Crippen molar-refractivity contribution in [2.45, 2.75) is 73.6 Å². The van der Waals surface area contributed by atoms with E-state index in [-0.39, 0.29) is 146 Å². The van der Waals surface area contributed by atoms with E-state index in [1.165, 1.54) is 38.5 Å². The molecule has 4 radical (unpaired) electrons. The Morgan fingerprint density at radius 3 is 0.750 bits per heavy atom. The molecule has 92 valence electrons. The summed E-state index contributed by atoms with van der Waals surface area (Å²) in [5.41, 5.74) is 0. The van der Waals surface area contributed by atoms with Crippen LogP contribution in [0.3, 0.4) is 0 Å². The summed E-state index contributed by atoms with van der Waals surface area (Å²) in [5, 5.41) is 0. The van der Waals surface area contributed by atoms with Crippen molar-refractivity contribution in [3.63, 3.8) is 0 Å². The Morgan fingerprint density at radius 2 is 0.688 bits per heavy atom. The molecule has 0 unspecified atom stereocenters. The molecule has 0 aromatic carbocycles. The van der Waals surface area contributed by atoms with Crippen LogP contribution in [-0.2, 0) is 131 Å². The van der Waals surface area contributed by atoms with E-state index >= 15 is 0 Å². The molecule has 0 aromatic rings. The number of rotatable bonds is 4. The van der Waals surface area contributed by atoms with Gasteiger partial charge in [-0.3, -0.25) is 0 Å². The van der Waals surface area contributed by atoms with Gasteiger partial charge in [-0.1, -0.05) is 73.6 Å². The van der Waals surface area contributed by atoms with Crippen molar-refractivity contribution >= 4 is 0 Å². The minimum absolute atomic E-state index is 0. The Kier molecular flexibility index (Phi) is 189. The minimum atomic E-state index is 0. The molecule has 0 atom stereocenters. The van der Waals surface area contributed by atoms with Crippen molar-refractivity contribution in [3.8, 4) is 0 Å². The molecule has 0 nitrogen and oxygen atoms in total. The van der Waals surface area contributed by atoms with Gasteiger partial charge >= 0.3 is 0 Å². The van der Waals surface area contributed by atoms with E-state index in [2.05, 4.69) is 27.7 Å². The Labute approximate surface area is 207 Å². The summed E-state index contributed by atoms with van der Waals surface area (Å²) in [4.78, 5) is 0. The van der Waals surface area contributed by atoms with Crippen LogP contribution in [0.1, 0.15) is 73.6 Å². The molecule has 0 bridgehead atoms. The van der Waals surface area contributed by atoms with Crippen LogP contribution in [-0.4, -0.2) is 0 Å². The molecule has 0 saturated carbocycles. The molecule has 0 aromatic heterocycles. The SMILES string of the molecule is C.CCCC.CCCCCC.[CH3-].[Y].[Y].[Y].[Y]. The molecule has 0 spiro atoms. The first kappa shape index (κ1) is 49.9. The molecule has 0 amide bonds. The quantitative estimate of drug-likeness (QED) is 0.334. The monoisotopic (exact) mass is 531 g/mol. The zero-order valence-corrected chi connectivity index (χ0v) is 22.9. The molecule has 0 aliphatic carbocycles. The summed E-state index contributed by atoms with van der Waals surface area (Å²) in [5.74, 6) is 0. The summed E-state index contributed by atoms with van der Waals surface area (Å²) in [6, 6.07) is 0. The normalized spacial score (nSPS) is 5.25. The van der Waals surface area contributed by atoms with Gasteiger partial charge in [0, 0.05) is 131 Å². The fourth-order valence-corrected chi connectivity index (χ4v) is 0.500. The van der Waals surface area contributed by atoms with Crippen LogP contribution < -0.4 is 0 Å². The first-order valence-corrected chi connectivity index (χ1v) is 4.83. The van der Waals surface area contributed by atoms with Crippen molar-refractivity contribution < 1.29 is 131 Å². The molecule has 0 rings (SSSR count). The molecular weight excluding hydrogens is 500 g/mol. The van der Waals surface area contributed by atoms with Crippen molar-refractivity contribution in [2.75, 3.05) is 0 Å². The van der Waals surface area contributed by atoms with E-state index in [1.807, 2.05) is 0 Å². The van der Waals surface area contributed by atoms with Crippen LogP contribution in [0.15, 0.2) is 0 Å². The Morgan fingerprint density at radius 1 is 0.500 bits per heavy atom. The topological polar surface area (TPSA) is 0 Å². The minimum Gasteiger partial charge on any atom is -0.358 e. The predicted molar refractivity (Wildman–Crippen MR) is 63.5 cm³/mol. The zero-order chi connectivity index (χ0) is 8.24. The van der Waals surface area contributed by atoms with Gasteiger partial charge in [-0.25, -0.2) is 0 Å². The number of hydrogen-bond donors (Lipinski definition) is 0. The van der Waals surface area contributed by atoms with Crippen molar-refractivity contribution in [3.05, 3.63) is 7.43 Å². The maximum atomic E-state index is 2.23. The van der Waals surface area contributed by atoms with Crippen LogP contribution in [0.4, 0.5) is 0 Å². The van der Waals surface area contributed by atoms with Crippen molar-refractivity contribution in [2.24, 2.45) is 0 Å². The summed E-state index contributed by atoms with van der Waals surface area (Å²) in [7, 11) is 0. The fraction of sp³-hybridized carbons (Fsp3) is 0.917. The van der Waals surface area contributed by atoms with Gasteiger partial charge in [0.2, 0.25) is 0 Å². The second-order valence-corrected chi connectivity index (χ2v) is 2.71. The van der Waals surface area contributed by atoms with E-state index in [0.29, 0.717) is 0 Å². The maximum Gasteiger partial charge on any atom is 0 e. The molecule has 0 N–H and O–H groups in total. The van der Waals surface area contributed by atoms with Gasteiger partial charge in [-0.2, -0.15) is 0 Å². The van der Waals surface area contributed by atoms with Crippen LogP contribution in [0.2, 0.25) is 0 Å². The molecule has 0 aliphatic rings. The van der Waals surface area contributed by atoms with Gasteiger partial charge in [-0.05, 0) is 0 Å². The predicted octanol–water partition coefficient (Wildman–Crippen LogP) is 5.47. The number of unbranched alkanes of at least 4 members (excludes halogenated alkanes) is 4. The third-order valence-corrected chi connectivity index (χ3v) is 1.46. The van der Waals surface area contributed by atoms with E-state index < -0.39 is 0 Å². The zero-order valence-electron chi connectivity index (χ0n) is 11.6. The molecule has 0 fully saturated rings. The second-order valence-electron chi connectivity index (χ2n) is 2.71. The van der Waals surface area contributed by atoms with Gasteiger partial charge in [-0.15, -0.1) is 0 Å². The Hall–Kier alpha value is 4.42. The first-order valence-electron chi connectivity index (χ1n) is 4.83. The third kappa shape index (κ3) is 78.9. The van der Waals surface area contributed by atoms with Gasteiger partial charge in [0.05, 0.1) is 0 Å². The van der Waals surface area contributed by atoms with E-state index in [1.54, 1.807) is 0 Å². The maximum absolute atomic E-state index is 2.23. The summed E-state index contributed by atoms with van der Waals surface area (Å²) in [6.45, 7) is 8.82. The molecule has 0 aliphatic heterocycles. The average Bonchev–Trinajstić information content (AvgIpc) is 2.01. The van der Waals surface area contributed by atoms with Gasteiger partial charge in [0.25, 0.3) is 0 Å². The first-order chi connectivity index (χ1) is 4.83. The van der Waals surface area contributed by atoms with Gasteiger partial charge in [0.15, 0.2) is 0 Å². The van der Waals surface area contributed by atoms with E-state index in [9.17, 15) is 0 Å². The van der Waals surface area contributed by atoms with Gasteiger partial charge < -0.3 is 7.43 Å². The Bertz CT molecular complexity index is 38.0. The fourth-order valence-electron chi connectivity index (χ4n) is 0.500. The largest absolute Gasteiger partial charge is 0.358 e. The van der Waals surface area contributed by atoms with E-state index in [0.717, 1.165) is 0 Å². The van der Waals surface area contributed by atoms with Crippen LogP contribution >= 0.6 is 0 Å². The van der Waals surface area contributed by atoms with Crippen molar-refractivity contribution in [1.29, 1.82) is 0 Å². The summed E-state index contributed by atoms with van der Waals surface area (Å²) < 4.78 is 0. The van der Waals surface area contributed by atoms with E-state index in [4.69, 9.17) is 0 Å². The van der Waals surface area contributed by atoms with Crippen LogP contribution in [0, 0.1) is 7.43 Å². The molecule has 16 heavy (non-hydrogen) atoms.